The van der Waals surface area contributed by atoms with Crippen molar-refractivity contribution >= 4 is 17.3 Å². The van der Waals surface area contributed by atoms with Gasteiger partial charge in [-0.2, -0.15) is 0 Å². The van der Waals surface area contributed by atoms with Crippen molar-refractivity contribution in [2.75, 3.05) is 18.0 Å². The molecule has 0 spiro atoms. The number of hydrogen-bond donors (Lipinski definition) is 0. The van der Waals surface area contributed by atoms with Gasteiger partial charge in [0.15, 0.2) is 0 Å². The van der Waals surface area contributed by atoms with E-state index >= 15 is 0 Å². The second-order valence-electron chi connectivity index (χ2n) is 4.14. The summed E-state index contributed by atoms with van der Waals surface area (Å²) in [4.78, 5) is 2.47. The second-order valence-corrected chi connectivity index (χ2v) is 4.57. The van der Waals surface area contributed by atoms with E-state index in [1.165, 1.54) is 25.2 Å². The van der Waals surface area contributed by atoms with E-state index in [1.54, 1.807) is 0 Å². The average molecular weight is 194 g/mol. The number of benzene rings is 1. The lowest BCUT2D eigenvalue weighted by molar-refractivity contribution is 0.820. The van der Waals surface area contributed by atoms with Gasteiger partial charge in [0, 0.05) is 23.8 Å². The van der Waals surface area contributed by atoms with Crippen LogP contribution in [0.2, 0.25) is 5.02 Å². The average Bonchev–Trinajstić information content (AvgIpc) is 2.75. The number of anilines is 1. The topological polar surface area (TPSA) is 3.24 Å². The first-order valence-electron chi connectivity index (χ1n) is 4.83. The summed E-state index contributed by atoms with van der Waals surface area (Å²) < 4.78 is 0. The fourth-order valence-corrected chi connectivity index (χ4v) is 2.39. The molecule has 13 heavy (non-hydrogen) atoms. The lowest BCUT2D eigenvalue weighted by Gasteiger charge is -2.19. The van der Waals surface area contributed by atoms with Crippen molar-refractivity contribution in [3.05, 3.63) is 29.3 Å². The van der Waals surface area contributed by atoms with Gasteiger partial charge >= 0.3 is 0 Å². The van der Waals surface area contributed by atoms with E-state index in [0.717, 1.165) is 16.9 Å². The van der Waals surface area contributed by atoms with Gasteiger partial charge in [0.05, 0.1) is 0 Å². The fraction of sp³-hybridized carbons (Fsp3) is 0.455. The number of fused-ring (bicyclic) bond motifs is 1. The third-order valence-electron chi connectivity index (χ3n) is 3.17. The van der Waals surface area contributed by atoms with E-state index in [9.17, 15) is 0 Å². The predicted molar refractivity (Wildman–Crippen MR) is 55.3 cm³/mol. The van der Waals surface area contributed by atoms with Crippen LogP contribution in [0.5, 0.6) is 0 Å². The van der Waals surface area contributed by atoms with Gasteiger partial charge in [0.1, 0.15) is 0 Å². The van der Waals surface area contributed by atoms with Crippen LogP contribution < -0.4 is 4.90 Å². The predicted octanol–water partition coefficient (Wildman–Crippen LogP) is 2.80. The molecule has 0 radical (unpaired) electrons. The Balaban J connectivity index is 1.81. The minimum atomic E-state index is 0.827. The maximum atomic E-state index is 5.84. The van der Waals surface area contributed by atoms with E-state index in [4.69, 9.17) is 11.6 Å². The molecule has 68 valence electrons. The highest BCUT2D eigenvalue weighted by Crippen LogP contribution is 2.46. The summed E-state index contributed by atoms with van der Waals surface area (Å²) in [6.07, 6.45) is 1.46. The zero-order valence-corrected chi connectivity index (χ0v) is 8.17. The summed E-state index contributed by atoms with van der Waals surface area (Å²) >= 11 is 5.84. The number of piperidine rings is 1. The van der Waals surface area contributed by atoms with E-state index in [2.05, 4.69) is 17.0 Å². The van der Waals surface area contributed by atoms with Gasteiger partial charge in [-0.05, 0) is 42.5 Å². The van der Waals surface area contributed by atoms with Gasteiger partial charge in [-0.3, -0.25) is 0 Å². The first kappa shape index (κ1) is 7.69. The van der Waals surface area contributed by atoms with Crippen molar-refractivity contribution in [1.29, 1.82) is 0 Å². The Morgan fingerprint density at radius 2 is 1.69 bits per heavy atom. The summed E-state index contributed by atoms with van der Waals surface area (Å²) in [5.74, 6) is 1.99. The lowest BCUT2D eigenvalue weighted by atomic mass is 10.3. The molecule has 0 bridgehead atoms. The minimum Gasteiger partial charge on any atom is -0.371 e. The third-order valence-corrected chi connectivity index (χ3v) is 3.42. The number of nitrogens with zero attached hydrogens (tertiary/aromatic N) is 1. The Bertz CT molecular complexity index is 309. The minimum absolute atomic E-state index is 0.827. The standard InChI is InChI=1S/C11H12ClN/c12-10-1-3-11(4-2-10)13-6-8-5-9(8)7-13/h1-4,8-9H,5-7H2. The molecule has 0 amide bonds. The van der Waals surface area contributed by atoms with Gasteiger partial charge in [-0.1, -0.05) is 11.6 Å². The molecule has 2 aliphatic rings. The Labute approximate surface area is 83.3 Å². The number of hydrogen-bond acceptors (Lipinski definition) is 1. The zero-order valence-electron chi connectivity index (χ0n) is 7.41. The van der Waals surface area contributed by atoms with Crippen LogP contribution in [0, 0.1) is 11.8 Å². The summed E-state index contributed by atoms with van der Waals surface area (Å²) in [7, 11) is 0. The molecule has 1 aliphatic carbocycles. The summed E-state index contributed by atoms with van der Waals surface area (Å²) in [6, 6.07) is 8.18. The molecule has 1 nitrogen and oxygen atoms in total. The highest BCUT2D eigenvalue weighted by Gasteiger charge is 2.44. The Morgan fingerprint density at radius 1 is 1.08 bits per heavy atom. The smallest absolute Gasteiger partial charge is 0.0407 e. The van der Waals surface area contributed by atoms with Crippen molar-refractivity contribution in [3.8, 4) is 0 Å². The highest BCUT2D eigenvalue weighted by atomic mass is 35.5. The van der Waals surface area contributed by atoms with Crippen LogP contribution in [-0.4, -0.2) is 13.1 Å². The highest BCUT2D eigenvalue weighted by molar-refractivity contribution is 6.30. The molecule has 0 N–H and O–H groups in total. The van der Waals surface area contributed by atoms with E-state index in [0.29, 0.717) is 0 Å². The van der Waals surface area contributed by atoms with Crippen molar-refractivity contribution in [1.82, 2.24) is 0 Å². The van der Waals surface area contributed by atoms with Gasteiger partial charge in [0.25, 0.3) is 0 Å². The maximum Gasteiger partial charge on any atom is 0.0407 e. The molecule has 2 heteroatoms. The van der Waals surface area contributed by atoms with Crippen molar-refractivity contribution in [3.63, 3.8) is 0 Å². The Hall–Kier alpha value is -0.690. The molecular weight excluding hydrogens is 182 g/mol. The monoisotopic (exact) mass is 193 g/mol. The lowest BCUT2D eigenvalue weighted by Crippen LogP contribution is -2.21. The molecule has 1 aromatic rings. The molecule has 1 aromatic carbocycles. The van der Waals surface area contributed by atoms with Crippen molar-refractivity contribution in [2.24, 2.45) is 11.8 Å². The van der Waals surface area contributed by atoms with Gasteiger partial charge < -0.3 is 4.90 Å². The molecule has 3 rings (SSSR count). The summed E-state index contributed by atoms with van der Waals surface area (Å²) in [5, 5.41) is 0.827. The molecule has 1 aliphatic heterocycles. The van der Waals surface area contributed by atoms with Crippen LogP contribution in [0.25, 0.3) is 0 Å². The Morgan fingerprint density at radius 3 is 2.31 bits per heavy atom. The molecular formula is C11H12ClN. The molecule has 2 unspecified atom stereocenters. The van der Waals surface area contributed by atoms with Gasteiger partial charge in [-0.15, -0.1) is 0 Å². The van der Waals surface area contributed by atoms with Crippen LogP contribution in [-0.2, 0) is 0 Å². The second kappa shape index (κ2) is 2.65. The van der Waals surface area contributed by atoms with E-state index in [1.807, 2.05) is 12.1 Å². The molecule has 2 atom stereocenters. The molecule has 0 aromatic heterocycles. The number of halogens is 1. The first-order valence-corrected chi connectivity index (χ1v) is 5.21. The quantitative estimate of drug-likeness (QED) is 0.663. The van der Waals surface area contributed by atoms with Crippen LogP contribution in [0.15, 0.2) is 24.3 Å². The Kier molecular flexibility index (Phi) is 1.57. The van der Waals surface area contributed by atoms with Gasteiger partial charge in [-0.25, -0.2) is 0 Å². The maximum absolute atomic E-state index is 5.84. The van der Waals surface area contributed by atoms with Crippen molar-refractivity contribution < 1.29 is 0 Å². The summed E-state index contributed by atoms with van der Waals surface area (Å²) in [5.41, 5.74) is 1.33. The van der Waals surface area contributed by atoms with E-state index in [-0.39, 0.29) is 0 Å². The van der Waals surface area contributed by atoms with Crippen LogP contribution in [0.1, 0.15) is 6.42 Å². The van der Waals surface area contributed by atoms with Crippen LogP contribution in [0.4, 0.5) is 5.69 Å². The van der Waals surface area contributed by atoms with Gasteiger partial charge in [0.2, 0.25) is 0 Å². The normalized spacial score (nSPS) is 30.4. The van der Waals surface area contributed by atoms with E-state index < -0.39 is 0 Å². The molecule has 1 saturated heterocycles. The fourth-order valence-electron chi connectivity index (χ4n) is 2.26. The molecule has 1 heterocycles. The molecule has 1 saturated carbocycles. The largest absolute Gasteiger partial charge is 0.371 e. The third kappa shape index (κ3) is 1.31. The zero-order chi connectivity index (χ0) is 8.84. The molecule has 2 fully saturated rings. The number of rotatable bonds is 1. The SMILES string of the molecule is Clc1ccc(N2CC3CC3C2)cc1. The van der Waals surface area contributed by atoms with Crippen LogP contribution in [0.3, 0.4) is 0 Å². The first-order chi connectivity index (χ1) is 6.33. The van der Waals surface area contributed by atoms with Crippen LogP contribution >= 0.6 is 11.6 Å². The van der Waals surface area contributed by atoms with Crippen molar-refractivity contribution in [2.45, 2.75) is 6.42 Å². The summed E-state index contributed by atoms with van der Waals surface area (Å²) in [6.45, 7) is 2.51.